The molecule has 0 aliphatic carbocycles. The first kappa shape index (κ1) is 23.4. The molecule has 1 unspecified atom stereocenters. The van der Waals surface area contributed by atoms with E-state index in [2.05, 4.69) is 14.1 Å². The second-order valence-electron chi connectivity index (χ2n) is 6.82. The molecule has 0 radical (unpaired) electrons. The number of thiophene rings is 1. The Balaban J connectivity index is 1.69. The lowest BCUT2D eigenvalue weighted by molar-refractivity contribution is -0.274. The number of carbonyl (C=O) groups is 2. The summed E-state index contributed by atoms with van der Waals surface area (Å²) in [6.45, 7) is -0.503. The van der Waals surface area contributed by atoms with Gasteiger partial charge in [-0.2, -0.15) is 8.42 Å². The zero-order chi connectivity index (χ0) is 24.5. The first-order valence-corrected chi connectivity index (χ1v) is 11.3. The first-order chi connectivity index (χ1) is 16.1. The average molecular weight is 510 g/mol. The van der Waals surface area contributed by atoms with Gasteiger partial charge in [0.15, 0.2) is 6.17 Å². The van der Waals surface area contributed by atoms with E-state index in [1.165, 1.54) is 29.8 Å². The minimum absolute atomic E-state index is 0.0118. The number of halogens is 3. The molecule has 0 N–H and O–H groups in total. The fourth-order valence-corrected chi connectivity index (χ4v) is 4.54. The van der Waals surface area contributed by atoms with E-state index in [9.17, 15) is 31.2 Å². The number of pyridine rings is 1. The molecule has 4 rings (SSSR count). The number of ether oxygens (including phenoxy) is 1. The summed E-state index contributed by atoms with van der Waals surface area (Å²) in [6, 6.07) is 8.32. The molecule has 1 fully saturated rings. The fourth-order valence-electron chi connectivity index (χ4n) is 3.39. The third kappa shape index (κ3) is 4.92. The number of hydrogen-bond acceptors (Lipinski definition) is 8. The minimum atomic E-state index is -4.90. The van der Waals surface area contributed by atoms with Gasteiger partial charge in [-0.25, -0.2) is 9.69 Å². The van der Waals surface area contributed by atoms with E-state index >= 15 is 0 Å². The maximum Gasteiger partial charge on any atom is 0.573 e. The van der Waals surface area contributed by atoms with E-state index in [1.54, 1.807) is 12.1 Å². The Morgan fingerprint density at radius 3 is 2.47 bits per heavy atom. The van der Waals surface area contributed by atoms with Gasteiger partial charge in [-0.1, -0.05) is 6.07 Å². The summed E-state index contributed by atoms with van der Waals surface area (Å²) in [4.78, 5) is 32.4. The molecular formula is C20H13F3N4O5S2. The lowest BCUT2D eigenvalue weighted by Gasteiger charge is -2.24. The normalized spacial score (nSPS) is 14.9. The molecule has 0 bridgehead atoms. The fraction of sp³-hybridized carbons (Fsp3) is 0.150. The molecule has 34 heavy (non-hydrogen) atoms. The Bertz CT molecular complexity index is 1350. The van der Waals surface area contributed by atoms with Crippen molar-refractivity contribution in [3.8, 4) is 16.2 Å². The summed E-state index contributed by atoms with van der Waals surface area (Å²) >= 11 is 1.36. The Morgan fingerprint density at radius 2 is 1.85 bits per heavy atom. The van der Waals surface area contributed by atoms with Gasteiger partial charge in [0.1, 0.15) is 12.3 Å². The van der Waals surface area contributed by atoms with Crippen LogP contribution in [0.3, 0.4) is 0 Å². The molecule has 9 nitrogen and oxygen atoms in total. The molecular weight excluding hydrogens is 497 g/mol. The molecule has 1 aromatic carbocycles. The number of urea groups is 1. The van der Waals surface area contributed by atoms with Crippen molar-refractivity contribution in [2.75, 3.05) is 11.4 Å². The van der Waals surface area contributed by atoms with Crippen LogP contribution in [0.4, 0.5) is 23.7 Å². The van der Waals surface area contributed by atoms with Crippen molar-refractivity contribution < 1.29 is 35.9 Å². The van der Waals surface area contributed by atoms with Crippen molar-refractivity contribution in [1.29, 1.82) is 0 Å². The summed E-state index contributed by atoms with van der Waals surface area (Å²) in [5.41, 5.74) is 0.852. The number of anilines is 1. The first-order valence-electron chi connectivity index (χ1n) is 9.41. The van der Waals surface area contributed by atoms with Crippen LogP contribution in [0.25, 0.3) is 10.4 Å². The minimum Gasteiger partial charge on any atom is -0.406 e. The van der Waals surface area contributed by atoms with E-state index in [-0.39, 0.29) is 5.69 Å². The predicted octanol–water partition coefficient (Wildman–Crippen LogP) is 4.24. The number of hydrogen-bond donors (Lipinski definition) is 0. The van der Waals surface area contributed by atoms with Gasteiger partial charge in [0.05, 0.1) is 5.69 Å². The largest absolute Gasteiger partial charge is 0.573 e. The van der Waals surface area contributed by atoms with Gasteiger partial charge < -0.3 is 4.74 Å². The number of amides is 3. The van der Waals surface area contributed by atoms with Crippen molar-refractivity contribution in [3.05, 3.63) is 65.8 Å². The van der Waals surface area contributed by atoms with Crippen LogP contribution in [0.15, 0.2) is 64.6 Å². The summed E-state index contributed by atoms with van der Waals surface area (Å²) < 4.78 is 67.6. The topological polar surface area (TPSA) is 109 Å². The van der Waals surface area contributed by atoms with Gasteiger partial charge >= 0.3 is 22.9 Å². The van der Waals surface area contributed by atoms with Gasteiger partial charge in [0.2, 0.25) is 0 Å². The highest BCUT2D eigenvalue weighted by molar-refractivity contribution is 7.61. The quantitative estimate of drug-likeness (QED) is 0.459. The number of carbonyl (C=O) groups excluding carboxylic acids is 2. The standard InChI is InChI=1S/C20H13F3N4O5S2/c21-20(22,23)32-13-5-3-12(4-6-13)27-17(28)11-26(19(27)29)18(25-34(30)31)14-7-8-24-10-15(14)16-2-1-9-33-16/h1-10,18H,11H2. The van der Waals surface area contributed by atoms with E-state index in [1.807, 2.05) is 5.38 Å². The highest BCUT2D eigenvalue weighted by atomic mass is 32.2. The third-order valence-electron chi connectivity index (χ3n) is 4.72. The molecule has 176 valence electrons. The van der Waals surface area contributed by atoms with Crippen LogP contribution in [-0.4, -0.2) is 43.1 Å². The lowest BCUT2D eigenvalue weighted by Crippen LogP contribution is -2.35. The molecule has 14 heteroatoms. The highest BCUT2D eigenvalue weighted by Crippen LogP contribution is 2.37. The Kier molecular flexibility index (Phi) is 6.34. The zero-order valence-corrected chi connectivity index (χ0v) is 18.5. The van der Waals surface area contributed by atoms with Crippen molar-refractivity contribution in [3.63, 3.8) is 0 Å². The molecule has 0 spiro atoms. The van der Waals surface area contributed by atoms with Crippen molar-refractivity contribution in [2.45, 2.75) is 12.5 Å². The third-order valence-corrected chi connectivity index (χ3v) is 6.00. The highest BCUT2D eigenvalue weighted by Gasteiger charge is 2.42. The van der Waals surface area contributed by atoms with Crippen molar-refractivity contribution in [2.24, 2.45) is 4.36 Å². The van der Waals surface area contributed by atoms with Gasteiger partial charge in [-0.15, -0.1) is 28.9 Å². The summed E-state index contributed by atoms with van der Waals surface area (Å²) in [6.07, 6.45) is -3.36. The Hall–Kier alpha value is -3.78. The van der Waals surface area contributed by atoms with Crippen LogP contribution in [0.2, 0.25) is 0 Å². The second kappa shape index (κ2) is 9.23. The number of alkyl halides is 3. The van der Waals surface area contributed by atoms with Gasteiger partial charge in [0, 0.05) is 28.4 Å². The predicted molar refractivity (Wildman–Crippen MR) is 114 cm³/mol. The molecule has 2 aromatic heterocycles. The summed E-state index contributed by atoms with van der Waals surface area (Å²) in [5, 5.41) is 1.81. The number of benzene rings is 1. The van der Waals surface area contributed by atoms with Crippen LogP contribution in [-0.2, 0) is 15.3 Å². The molecule has 1 saturated heterocycles. The van der Waals surface area contributed by atoms with E-state index < -0.39 is 47.3 Å². The van der Waals surface area contributed by atoms with Gasteiger partial charge in [-0.3, -0.25) is 14.7 Å². The second-order valence-corrected chi connectivity index (χ2v) is 8.41. The monoisotopic (exact) mass is 510 g/mol. The average Bonchev–Trinajstić information content (AvgIpc) is 3.40. The smallest absolute Gasteiger partial charge is 0.406 e. The van der Waals surface area contributed by atoms with Crippen molar-refractivity contribution in [1.82, 2.24) is 9.88 Å². The lowest BCUT2D eigenvalue weighted by atomic mass is 10.1. The van der Waals surface area contributed by atoms with E-state index in [0.29, 0.717) is 11.1 Å². The zero-order valence-electron chi connectivity index (χ0n) is 16.8. The van der Waals surface area contributed by atoms with E-state index in [4.69, 9.17) is 0 Å². The van der Waals surface area contributed by atoms with Crippen LogP contribution in [0.1, 0.15) is 11.7 Å². The SMILES string of the molecule is O=C1CN(C(N=S(=O)=O)c2ccncc2-c2cccs2)C(=O)N1c1ccc(OC(F)(F)F)cc1. The van der Waals surface area contributed by atoms with Crippen LogP contribution in [0, 0.1) is 0 Å². The molecule has 3 amide bonds. The molecule has 3 heterocycles. The Labute approximate surface area is 195 Å². The number of nitrogens with zero attached hydrogens (tertiary/aromatic N) is 4. The molecule has 1 aliphatic rings. The maximum atomic E-state index is 13.2. The number of aromatic nitrogens is 1. The Morgan fingerprint density at radius 1 is 1.12 bits per heavy atom. The summed E-state index contributed by atoms with van der Waals surface area (Å²) in [7, 11) is -2.93. The molecule has 1 aliphatic heterocycles. The van der Waals surface area contributed by atoms with Crippen LogP contribution >= 0.6 is 11.3 Å². The molecule has 1 atom stereocenters. The van der Waals surface area contributed by atoms with E-state index in [0.717, 1.165) is 38.9 Å². The van der Waals surface area contributed by atoms with Gasteiger partial charge in [-0.05, 0) is 41.8 Å². The van der Waals surface area contributed by atoms with Crippen molar-refractivity contribution >= 4 is 39.5 Å². The van der Waals surface area contributed by atoms with Crippen LogP contribution < -0.4 is 9.64 Å². The van der Waals surface area contributed by atoms with Gasteiger partial charge in [0.25, 0.3) is 5.91 Å². The number of imide groups is 1. The van der Waals surface area contributed by atoms with Crippen LogP contribution in [0.5, 0.6) is 5.75 Å². The molecule has 0 saturated carbocycles. The number of rotatable bonds is 6. The summed E-state index contributed by atoms with van der Waals surface area (Å²) in [5.74, 6) is -1.24. The molecule has 3 aromatic rings. The maximum absolute atomic E-state index is 13.2.